The van der Waals surface area contributed by atoms with Crippen molar-refractivity contribution in [3.05, 3.63) is 0 Å². The van der Waals surface area contributed by atoms with E-state index in [0.29, 0.717) is 38.6 Å². The van der Waals surface area contributed by atoms with Gasteiger partial charge in [0.2, 0.25) is 29.5 Å². The molecule has 7 atom stereocenters. The van der Waals surface area contributed by atoms with Crippen molar-refractivity contribution in [2.75, 3.05) is 6.54 Å². The van der Waals surface area contributed by atoms with E-state index in [1.165, 1.54) is 0 Å². The van der Waals surface area contributed by atoms with E-state index in [4.69, 9.17) is 5.11 Å². The van der Waals surface area contributed by atoms with Crippen molar-refractivity contribution in [1.29, 1.82) is 0 Å². The number of hydrogen-bond donors (Lipinski definition) is 7. The molecule has 0 aliphatic carbocycles. The Bertz CT molecular complexity index is 960. The average Bonchev–Trinajstić information content (AvgIpc) is 2.96. The second kappa shape index (κ2) is 22.3. The summed E-state index contributed by atoms with van der Waals surface area (Å²) in [6.07, 6.45) is 0.792. The number of aliphatic carboxylic acids is 1. The van der Waals surface area contributed by atoms with Crippen LogP contribution in [0, 0.1) is 17.8 Å². The molecule has 13 heteroatoms. The van der Waals surface area contributed by atoms with Gasteiger partial charge in [-0.3, -0.25) is 28.8 Å². The van der Waals surface area contributed by atoms with Crippen LogP contribution in [-0.2, 0) is 28.8 Å². The Labute approximate surface area is 268 Å². The number of aliphatic hydroxyl groups excluding tert-OH is 1. The second-order valence-corrected chi connectivity index (χ2v) is 12.4. The highest BCUT2D eigenvalue weighted by Crippen LogP contribution is 2.15. The van der Waals surface area contributed by atoms with Crippen LogP contribution in [0.4, 0.5) is 0 Å². The summed E-state index contributed by atoms with van der Waals surface area (Å²) < 4.78 is 0. The Morgan fingerprint density at radius 3 is 1.73 bits per heavy atom. The molecule has 0 unspecified atom stereocenters. The number of carboxylic acids is 1. The molecule has 0 aromatic heterocycles. The van der Waals surface area contributed by atoms with Gasteiger partial charge in [0.15, 0.2) is 0 Å². The molecular formula is C32H59N5O8. The number of rotatable bonds is 23. The molecule has 0 saturated heterocycles. The number of amides is 5. The lowest BCUT2D eigenvalue weighted by molar-refractivity contribution is -0.137. The quantitative estimate of drug-likeness (QED) is 0.0877. The minimum absolute atomic E-state index is 0.0465. The fourth-order valence-electron chi connectivity index (χ4n) is 4.82. The molecule has 0 aliphatic heterocycles. The smallest absolute Gasteiger partial charge is 0.303 e. The third kappa shape index (κ3) is 16.6. The molecule has 0 radical (unpaired) electrons. The predicted molar refractivity (Wildman–Crippen MR) is 172 cm³/mol. The Kier molecular flexibility index (Phi) is 20.7. The minimum atomic E-state index is -1.25. The van der Waals surface area contributed by atoms with E-state index in [-0.39, 0.29) is 49.3 Å². The largest absolute Gasteiger partial charge is 0.481 e. The molecule has 0 saturated carbocycles. The van der Waals surface area contributed by atoms with Gasteiger partial charge < -0.3 is 36.8 Å². The molecule has 0 rings (SSSR count). The number of carboxylic acid groups (broad SMARTS) is 1. The minimum Gasteiger partial charge on any atom is -0.481 e. The van der Waals surface area contributed by atoms with Crippen molar-refractivity contribution in [3.63, 3.8) is 0 Å². The van der Waals surface area contributed by atoms with Crippen molar-refractivity contribution in [2.24, 2.45) is 17.8 Å². The van der Waals surface area contributed by atoms with Crippen LogP contribution in [-0.4, -0.2) is 82.5 Å². The Hall–Kier alpha value is -3.22. The van der Waals surface area contributed by atoms with E-state index in [9.17, 15) is 33.9 Å². The van der Waals surface area contributed by atoms with Gasteiger partial charge in [0.05, 0.1) is 18.6 Å². The van der Waals surface area contributed by atoms with Gasteiger partial charge >= 0.3 is 5.97 Å². The van der Waals surface area contributed by atoms with Gasteiger partial charge in [-0.15, -0.1) is 0 Å². The number of hydrogen-bond acceptors (Lipinski definition) is 7. The predicted octanol–water partition coefficient (Wildman–Crippen LogP) is 2.01. The number of carbonyl (C=O) groups excluding carboxylic acids is 5. The molecular weight excluding hydrogens is 582 g/mol. The molecule has 0 heterocycles. The maximum atomic E-state index is 13.5. The first kappa shape index (κ1) is 41.8. The SMILES string of the molecule is CCC[C@H](NC(=O)[C@@H](NC(=O)CCCC(=O)O)[C@@H](C)CC)C(=O)N[C@@H](CC(C)C)[C@@H](O)CC(=O)N[C@H](C(=O)NCC)[C@@H](C)CC. The van der Waals surface area contributed by atoms with E-state index in [1.807, 2.05) is 41.5 Å². The lowest BCUT2D eigenvalue weighted by atomic mass is 9.95. The zero-order valence-electron chi connectivity index (χ0n) is 28.5. The van der Waals surface area contributed by atoms with Gasteiger partial charge in [0.1, 0.15) is 18.1 Å². The number of aliphatic hydroxyl groups is 1. The number of carbonyl (C=O) groups is 6. The second-order valence-electron chi connectivity index (χ2n) is 12.4. The third-order valence-corrected chi connectivity index (χ3v) is 7.89. The van der Waals surface area contributed by atoms with Crippen LogP contribution in [0.2, 0.25) is 0 Å². The van der Waals surface area contributed by atoms with E-state index in [1.54, 1.807) is 13.8 Å². The molecule has 0 spiro atoms. The highest BCUT2D eigenvalue weighted by atomic mass is 16.4. The molecule has 0 aromatic rings. The molecule has 5 amide bonds. The highest BCUT2D eigenvalue weighted by molar-refractivity contribution is 5.92. The van der Waals surface area contributed by atoms with E-state index in [0.717, 1.165) is 0 Å². The third-order valence-electron chi connectivity index (χ3n) is 7.89. The van der Waals surface area contributed by atoms with Crippen molar-refractivity contribution >= 4 is 35.5 Å². The Morgan fingerprint density at radius 1 is 0.689 bits per heavy atom. The van der Waals surface area contributed by atoms with E-state index < -0.39 is 59.9 Å². The maximum absolute atomic E-state index is 13.5. The molecule has 260 valence electrons. The van der Waals surface area contributed by atoms with Crippen LogP contribution in [0.1, 0.15) is 113 Å². The molecule has 0 aromatic carbocycles. The van der Waals surface area contributed by atoms with Gasteiger partial charge in [-0.1, -0.05) is 67.7 Å². The fourth-order valence-corrected chi connectivity index (χ4v) is 4.82. The summed E-state index contributed by atoms with van der Waals surface area (Å²) in [4.78, 5) is 75.5. The lowest BCUT2D eigenvalue weighted by Crippen LogP contribution is -2.58. The van der Waals surface area contributed by atoms with Gasteiger partial charge in [0.25, 0.3) is 0 Å². The van der Waals surface area contributed by atoms with E-state index >= 15 is 0 Å². The molecule has 0 fully saturated rings. The molecule has 45 heavy (non-hydrogen) atoms. The zero-order valence-corrected chi connectivity index (χ0v) is 28.5. The average molecular weight is 642 g/mol. The maximum Gasteiger partial charge on any atom is 0.303 e. The lowest BCUT2D eigenvalue weighted by Gasteiger charge is -2.30. The van der Waals surface area contributed by atoms with Crippen molar-refractivity contribution < 1.29 is 39.0 Å². The van der Waals surface area contributed by atoms with Crippen LogP contribution >= 0.6 is 0 Å². The summed E-state index contributed by atoms with van der Waals surface area (Å²) in [5.74, 6) is -3.66. The first-order valence-electron chi connectivity index (χ1n) is 16.5. The summed E-state index contributed by atoms with van der Waals surface area (Å²) in [5.41, 5.74) is 0. The van der Waals surface area contributed by atoms with Crippen LogP contribution in [0.5, 0.6) is 0 Å². The van der Waals surface area contributed by atoms with Crippen LogP contribution in [0.15, 0.2) is 0 Å². The van der Waals surface area contributed by atoms with Crippen LogP contribution in [0.25, 0.3) is 0 Å². The van der Waals surface area contributed by atoms with Gasteiger partial charge in [-0.2, -0.15) is 0 Å². The Balaban J connectivity index is 5.69. The fraction of sp³-hybridized carbons (Fsp3) is 0.812. The summed E-state index contributed by atoms with van der Waals surface area (Å²) in [5, 5.41) is 33.6. The molecule has 0 aliphatic rings. The van der Waals surface area contributed by atoms with E-state index in [2.05, 4.69) is 26.6 Å². The first-order valence-corrected chi connectivity index (χ1v) is 16.5. The summed E-state index contributed by atoms with van der Waals surface area (Å²) in [6.45, 7) is 15.3. The topological polar surface area (TPSA) is 203 Å². The summed E-state index contributed by atoms with van der Waals surface area (Å²) >= 11 is 0. The van der Waals surface area contributed by atoms with Gasteiger partial charge in [-0.25, -0.2) is 0 Å². The summed E-state index contributed by atoms with van der Waals surface area (Å²) in [6, 6.07) is -3.44. The monoisotopic (exact) mass is 641 g/mol. The number of likely N-dealkylation sites (N-methyl/N-ethyl adjacent to an activating group) is 1. The van der Waals surface area contributed by atoms with Crippen molar-refractivity contribution in [3.8, 4) is 0 Å². The van der Waals surface area contributed by atoms with Crippen molar-refractivity contribution in [1.82, 2.24) is 26.6 Å². The highest BCUT2D eigenvalue weighted by Gasteiger charge is 2.33. The normalized spacial score (nSPS) is 15.9. The van der Waals surface area contributed by atoms with Crippen molar-refractivity contribution in [2.45, 2.75) is 143 Å². The zero-order chi connectivity index (χ0) is 34.7. The first-order chi connectivity index (χ1) is 21.1. The Morgan fingerprint density at radius 2 is 1.24 bits per heavy atom. The van der Waals surface area contributed by atoms with Crippen LogP contribution in [0.3, 0.4) is 0 Å². The van der Waals surface area contributed by atoms with Gasteiger partial charge in [-0.05, 0) is 43.9 Å². The van der Waals surface area contributed by atoms with Crippen LogP contribution < -0.4 is 26.6 Å². The van der Waals surface area contributed by atoms with Gasteiger partial charge in [0, 0.05) is 19.4 Å². The standard InChI is InChI=1S/C32H59N5O8/c1-9-14-22(34-32(45)29(21(8)11-3)36-25(39)15-13-16-27(41)42)30(43)35-23(17-19(5)6)24(38)18-26(40)37-28(20(7)10-2)31(44)33-12-4/h19-24,28-29,38H,9-18H2,1-8H3,(H,33,44)(H,34,45)(H,35,43)(H,36,39)(H,37,40)(H,41,42)/t20-,21-,22-,23-,24-,28-,29-/m0/s1. The number of nitrogens with one attached hydrogen (secondary N) is 5. The molecule has 0 bridgehead atoms. The molecule has 7 N–H and O–H groups in total. The molecule has 13 nitrogen and oxygen atoms in total. The summed E-state index contributed by atoms with van der Waals surface area (Å²) in [7, 11) is 0.